The number of thioether (sulfide) groups is 2. The Morgan fingerprint density at radius 3 is 1.41 bits per heavy atom. The fourth-order valence-corrected chi connectivity index (χ4v) is 5.96. The summed E-state index contributed by atoms with van der Waals surface area (Å²) in [4.78, 5) is 5.23. The van der Waals surface area contributed by atoms with Gasteiger partial charge in [0.2, 0.25) is 0 Å². The highest BCUT2D eigenvalue weighted by atomic mass is 79.9. The van der Waals surface area contributed by atoms with E-state index in [1.165, 1.54) is 9.79 Å². The fraction of sp³-hybridized carbons (Fsp3) is 0.455. The summed E-state index contributed by atoms with van der Waals surface area (Å²) in [6.45, 7) is 11.7. The predicted molar refractivity (Wildman–Crippen MR) is 130 cm³/mol. The zero-order chi connectivity index (χ0) is 20.1. The summed E-state index contributed by atoms with van der Waals surface area (Å²) in [7, 11) is 0. The first-order valence-corrected chi connectivity index (χ1v) is 12.6. The van der Waals surface area contributed by atoms with Gasteiger partial charge in [-0.15, -0.1) is 23.5 Å². The second-order valence-electron chi connectivity index (χ2n) is 8.54. The van der Waals surface area contributed by atoms with Crippen LogP contribution >= 0.6 is 55.4 Å². The Bertz CT molecular complexity index is 657. The molecule has 0 spiro atoms. The highest BCUT2D eigenvalue weighted by Gasteiger charge is 2.31. The number of nitrogens with zero attached hydrogens (tertiary/aromatic N) is 1. The van der Waals surface area contributed by atoms with Gasteiger partial charge in [-0.05, 0) is 74.2 Å². The van der Waals surface area contributed by atoms with Gasteiger partial charge in [-0.25, -0.2) is 0 Å². The summed E-state index contributed by atoms with van der Waals surface area (Å²) in [6, 6.07) is 17.2. The van der Waals surface area contributed by atoms with Gasteiger partial charge in [-0.3, -0.25) is 4.90 Å². The molecule has 0 saturated carbocycles. The Morgan fingerprint density at radius 2 is 1.07 bits per heavy atom. The summed E-state index contributed by atoms with van der Waals surface area (Å²) >= 11 is 10.9. The Kier molecular flexibility index (Phi) is 8.82. The van der Waals surface area contributed by atoms with Crippen molar-refractivity contribution in [3.05, 3.63) is 57.5 Å². The molecule has 0 amide bonds. The second-order valence-corrected chi connectivity index (χ2v) is 12.4. The molecule has 148 valence electrons. The lowest BCUT2D eigenvalue weighted by molar-refractivity contribution is 0.117. The summed E-state index contributed by atoms with van der Waals surface area (Å²) in [5, 5.41) is 0. The molecule has 0 atom stereocenters. The van der Waals surface area contributed by atoms with Gasteiger partial charge in [-0.1, -0.05) is 52.6 Å². The summed E-state index contributed by atoms with van der Waals surface area (Å²) in [5.41, 5.74) is 0.426. The molecule has 0 radical (unpaired) electrons. The van der Waals surface area contributed by atoms with Gasteiger partial charge in [0.25, 0.3) is 0 Å². The molecular formula is C22H29Br2NS2. The lowest BCUT2D eigenvalue weighted by atomic mass is 9.81. The lowest BCUT2D eigenvalue weighted by Gasteiger charge is -2.42. The largest absolute Gasteiger partial charge is 0.279 e. The van der Waals surface area contributed by atoms with Crippen LogP contribution in [-0.2, 0) is 0 Å². The molecule has 2 aromatic carbocycles. The second kappa shape index (κ2) is 10.2. The van der Waals surface area contributed by atoms with Crippen LogP contribution in [0.4, 0.5) is 0 Å². The van der Waals surface area contributed by atoms with Gasteiger partial charge in [-0.2, -0.15) is 0 Å². The van der Waals surface area contributed by atoms with Crippen molar-refractivity contribution in [2.75, 3.05) is 11.8 Å². The zero-order valence-electron chi connectivity index (χ0n) is 16.8. The van der Waals surface area contributed by atoms with E-state index < -0.39 is 0 Å². The van der Waals surface area contributed by atoms with E-state index in [4.69, 9.17) is 0 Å². The maximum atomic E-state index is 3.52. The summed E-state index contributed by atoms with van der Waals surface area (Å²) in [6.07, 6.45) is 1.15. The van der Waals surface area contributed by atoms with Gasteiger partial charge in [0, 0.05) is 24.3 Å². The monoisotopic (exact) mass is 529 g/mol. The third-order valence-electron chi connectivity index (χ3n) is 4.22. The molecule has 0 N–H and O–H groups in total. The molecule has 0 aliphatic rings. The Hall–Kier alpha value is 0.0600. The molecule has 0 aliphatic heterocycles. The van der Waals surface area contributed by atoms with Gasteiger partial charge in [0.15, 0.2) is 0 Å². The SMILES string of the molecule is CC(C)(C)CC(C)(C)N(CSc1ccc(Br)cc1)CSc1ccc(Br)cc1. The van der Waals surface area contributed by atoms with E-state index >= 15 is 0 Å². The van der Waals surface area contributed by atoms with Crippen LogP contribution in [-0.4, -0.2) is 22.2 Å². The standard InChI is InChI=1S/C22H29Br2NS2/c1-21(2,3)14-22(4,5)25(15-26-19-10-6-17(23)7-11-19)16-27-20-12-8-18(24)9-13-20/h6-13H,14-16H2,1-5H3. The van der Waals surface area contributed by atoms with Crippen LogP contribution in [0.1, 0.15) is 41.0 Å². The Morgan fingerprint density at radius 1 is 0.704 bits per heavy atom. The van der Waals surface area contributed by atoms with Crippen LogP contribution < -0.4 is 0 Å². The number of benzene rings is 2. The molecule has 5 heteroatoms. The van der Waals surface area contributed by atoms with Crippen molar-refractivity contribution in [1.29, 1.82) is 0 Å². The van der Waals surface area contributed by atoms with Crippen molar-refractivity contribution < 1.29 is 0 Å². The van der Waals surface area contributed by atoms with Crippen LogP contribution in [0.25, 0.3) is 0 Å². The molecular weight excluding hydrogens is 502 g/mol. The van der Waals surface area contributed by atoms with Gasteiger partial charge in [0.05, 0.1) is 11.8 Å². The molecule has 2 rings (SSSR count). The molecule has 0 bridgehead atoms. The smallest absolute Gasteiger partial charge is 0.0505 e. The first-order chi connectivity index (χ1) is 12.5. The Labute approximate surface area is 190 Å². The van der Waals surface area contributed by atoms with E-state index in [0.717, 1.165) is 27.1 Å². The van der Waals surface area contributed by atoms with E-state index in [0.29, 0.717) is 5.41 Å². The minimum atomic E-state index is 0.128. The van der Waals surface area contributed by atoms with Crippen molar-refractivity contribution in [2.45, 2.75) is 56.4 Å². The van der Waals surface area contributed by atoms with Gasteiger partial charge < -0.3 is 0 Å². The molecule has 0 unspecified atom stereocenters. The first kappa shape index (κ1) is 23.3. The van der Waals surface area contributed by atoms with E-state index in [-0.39, 0.29) is 5.54 Å². The van der Waals surface area contributed by atoms with Crippen LogP contribution in [0, 0.1) is 5.41 Å². The van der Waals surface area contributed by atoms with Crippen LogP contribution in [0.15, 0.2) is 67.3 Å². The van der Waals surface area contributed by atoms with Crippen molar-refractivity contribution in [3.63, 3.8) is 0 Å². The molecule has 27 heavy (non-hydrogen) atoms. The van der Waals surface area contributed by atoms with Crippen molar-refractivity contribution in [2.24, 2.45) is 5.41 Å². The van der Waals surface area contributed by atoms with E-state index in [1.807, 2.05) is 23.5 Å². The summed E-state index contributed by atoms with van der Waals surface area (Å²) in [5.74, 6) is 1.96. The van der Waals surface area contributed by atoms with Crippen LogP contribution in [0.2, 0.25) is 0 Å². The average molecular weight is 531 g/mol. The molecule has 0 aliphatic carbocycles. The van der Waals surface area contributed by atoms with Crippen LogP contribution in [0.5, 0.6) is 0 Å². The highest BCUT2D eigenvalue weighted by molar-refractivity contribution is 9.10. The summed E-state index contributed by atoms with van der Waals surface area (Å²) < 4.78 is 2.25. The lowest BCUT2D eigenvalue weighted by Crippen LogP contribution is -2.45. The van der Waals surface area contributed by atoms with E-state index in [2.05, 4.69) is 120 Å². The van der Waals surface area contributed by atoms with Crippen LogP contribution in [0.3, 0.4) is 0 Å². The maximum Gasteiger partial charge on any atom is 0.0505 e. The normalized spacial score (nSPS) is 12.6. The first-order valence-electron chi connectivity index (χ1n) is 9.07. The minimum absolute atomic E-state index is 0.128. The number of halogens is 2. The third kappa shape index (κ3) is 8.53. The molecule has 0 heterocycles. The van der Waals surface area contributed by atoms with E-state index in [1.54, 1.807) is 0 Å². The number of rotatable bonds is 8. The minimum Gasteiger partial charge on any atom is -0.279 e. The molecule has 0 aromatic heterocycles. The van der Waals surface area contributed by atoms with Crippen molar-refractivity contribution >= 4 is 55.4 Å². The quantitative estimate of drug-likeness (QED) is 0.248. The molecule has 0 saturated heterocycles. The molecule has 0 fully saturated rings. The number of hydrogen-bond donors (Lipinski definition) is 0. The predicted octanol–water partition coefficient (Wildman–Crippen LogP) is 8.53. The maximum absolute atomic E-state index is 3.52. The average Bonchev–Trinajstić information content (AvgIpc) is 2.55. The third-order valence-corrected chi connectivity index (χ3v) is 7.37. The number of hydrogen-bond acceptors (Lipinski definition) is 3. The zero-order valence-corrected chi connectivity index (χ0v) is 21.6. The molecule has 2 aromatic rings. The topological polar surface area (TPSA) is 3.24 Å². The molecule has 1 nitrogen and oxygen atoms in total. The Balaban J connectivity index is 2.08. The highest BCUT2D eigenvalue weighted by Crippen LogP contribution is 2.35. The van der Waals surface area contributed by atoms with Gasteiger partial charge in [0.1, 0.15) is 0 Å². The van der Waals surface area contributed by atoms with E-state index in [9.17, 15) is 0 Å². The van der Waals surface area contributed by atoms with Gasteiger partial charge >= 0.3 is 0 Å². The van der Waals surface area contributed by atoms with Crippen molar-refractivity contribution in [3.8, 4) is 0 Å². The van der Waals surface area contributed by atoms with Crippen molar-refractivity contribution in [1.82, 2.24) is 4.90 Å². The fourth-order valence-electron chi connectivity index (χ4n) is 3.16.